The smallest absolute Gasteiger partial charge is 0.341 e. The van der Waals surface area contributed by atoms with E-state index < -0.39 is 12.0 Å². The van der Waals surface area contributed by atoms with Gasteiger partial charge < -0.3 is 19.5 Å². The minimum atomic E-state index is -0.502. The van der Waals surface area contributed by atoms with E-state index in [4.69, 9.17) is 14.2 Å². The fraction of sp³-hybridized carbons (Fsp3) is 0.194. The normalized spacial score (nSPS) is 12.2. The van der Waals surface area contributed by atoms with Gasteiger partial charge in [0.25, 0.3) is 0 Å². The number of para-hydroxylation sites is 3. The van der Waals surface area contributed by atoms with Crippen molar-refractivity contribution in [1.29, 1.82) is 0 Å². The van der Waals surface area contributed by atoms with Crippen LogP contribution in [0.3, 0.4) is 0 Å². The number of anilines is 3. The number of amides is 2. The number of rotatable bonds is 10. The first-order valence-electron chi connectivity index (χ1n) is 14.4. The molecule has 1 heterocycles. The molecule has 0 radical (unpaired) electrons. The van der Waals surface area contributed by atoms with Gasteiger partial charge >= 0.3 is 18.0 Å². The lowest BCUT2D eigenvalue weighted by Crippen LogP contribution is -2.32. The zero-order valence-electron chi connectivity index (χ0n) is 25.0. The molecule has 5 rings (SSSR count). The molecule has 224 valence electrons. The van der Waals surface area contributed by atoms with Gasteiger partial charge in [-0.25, -0.2) is 9.59 Å². The molecule has 1 N–H and O–H groups in total. The number of benzene rings is 4. The molecule has 4 aromatic carbocycles. The molecular formula is C36H34N2O6. The second kappa shape index (κ2) is 13.7. The van der Waals surface area contributed by atoms with Crippen molar-refractivity contribution in [1.82, 2.24) is 0 Å². The summed E-state index contributed by atoms with van der Waals surface area (Å²) in [7, 11) is 1.57. The van der Waals surface area contributed by atoms with Crippen molar-refractivity contribution in [2.24, 2.45) is 0 Å². The lowest BCUT2D eigenvalue weighted by atomic mass is 9.93. The average molecular weight is 591 g/mol. The number of methoxy groups -OCH3 is 1. The summed E-state index contributed by atoms with van der Waals surface area (Å²) in [5.41, 5.74) is 5.05. The summed E-state index contributed by atoms with van der Waals surface area (Å²) < 4.78 is 16.7. The number of fused-ring (bicyclic) bond motifs is 1. The van der Waals surface area contributed by atoms with Gasteiger partial charge in [-0.3, -0.25) is 9.69 Å². The van der Waals surface area contributed by atoms with Crippen molar-refractivity contribution in [3.8, 4) is 11.5 Å². The summed E-state index contributed by atoms with van der Waals surface area (Å²) in [6, 6.07) is 27.1. The number of ether oxygens (including phenoxy) is 3. The van der Waals surface area contributed by atoms with E-state index in [1.807, 2.05) is 98.8 Å². The lowest BCUT2D eigenvalue weighted by molar-refractivity contribution is -0.134. The molecule has 0 saturated carbocycles. The van der Waals surface area contributed by atoms with Gasteiger partial charge in [0, 0.05) is 17.5 Å². The summed E-state index contributed by atoms with van der Waals surface area (Å²) in [5.74, 6) is 0.241. The van der Waals surface area contributed by atoms with Gasteiger partial charge in [0.1, 0.15) is 18.1 Å². The summed E-state index contributed by atoms with van der Waals surface area (Å²) in [6.45, 7) is 3.91. The Morgan fingerprint density at radius 1 is 0.909 bits per heavy atom. The quantitative estimate of drug-likeness (QED) is 0.115. The Morgan fingerprint density at radius 2 is 1.50 bits per heavy atom. The van der Waals surface area contributed by atoms with Crippen molar-refractivity contribution >= 4 is 35.0 Å². The predicted molar refractivity (Wildman–Crippen MR) is 170 cm³/mol. The highest BCUT2D eigenvalue weighted by Gasteiger charge is 2.33. The fourth-order valence-electron chi connectivity index (χ4n) is 5.24. The predicted octanol–water partition coefficient (Wildman–Crippen LogP) is 7.92. The number of nitrogens with zero attached hydrogens (tertiary/aromatic N) is 1. The third-order valence-electron chi connectivity index (χ3n) is 7.49. The Kier molecular flexibility index (Phi) is 9.40. The number of hydrogen-bond donors (Lipinski definition) is 1. The number of allylic oxidation sites excluding steroid dienone is 2. The first-order chi connectivity index (χ1) is 21.4. The first kappa shape index (κ1) is 30.1. The molecule has 0 aliphatic carbocycles. The van der Waals surface area contributed by atoms with Crippen LogP contribution < -0.4 is 19.7 Å². The van der Waals surface area contributed by atoms with E-state index in [1.165, 1.54) is 0 Å². The van der Waals surface area contributed by atoms with E-state index in [0.717, 1.165) is 11.1 Å². The topological polar surface area (TPSA) is 94.2 Å². The second-order valence-corrected chi connectivity index (χ2v) is 10.4. The van der Waals surface area contributed by atoms with Gasteiger partial charge in [-0.15, -0.1) is 0 Å². The van der Waals surface area contributed by atoms with Crippen LogP contribution in [0.25, 0.3) is 0 Å². The van der Waals surface area contributed by atoms with E-state index in [1.54, 1.807) is 24.1 Å². The highest BCUT2D eigenvalue weighted by atomic mass is 16.5. The third-order valence-corrected chi connectivity index (χ3v) is 7.49. The van der Waals surface area contributed by atoms with Crippen LogP contribution >= 0.6 is 0 Å². The number of esters is 2. The van der Waals surface area contributed by atoms with E-state index in [0.29, 0.717) is 58.1 Å². The molecule has 0 aromatic heterocycles. The number of hydrogen-bond acceptors (Lipinski definition) is 6. The maximum absolute atomic E-state index is 14.1. The van der Waals surface area contributed by atoms with Gasteiger partial charge in [-0.2, -0.15) is 0 Å². The van der Waals surface area contributed by atoms with Crippen molar-refractivity contribution in [2.75, 3.05) is 17.3 Å². The van der Waals surface area contributed by atoms with Gasteiger partial charge in [0.05, 0.1) is 29.7 Å². The van der Waals surface area contributed by atoms with Crippen LogP contribution in [0, 0.1) is 6.92 Å². The van der Waals surface area contributed by atoms with Crippen molar-refractivity contribution < 1.29 is 28.6 Å². The number of carbonyl (C=O) groups is 3. The summed E-state index contributed by atoms with van der Waals surface area (Å²) in [6.07, 6.45) is 3.01. The Bertz CT molecular complexity index is 1650. The second-order valence-electron chi connectivity index (χ2n) is 10.4. The van der Waals surface area contributed by atoms with Crippen molar-refractivity contribution in [2.45, 2.75) is 39.7 Å². The number of nitrogens with one attached hydrogen (secondary N) is 1. The Morgan fingerprint density at radius 3 is 2.09 bits per heavy atom. The zero-order valence-corrected chi connectivity index (χ0v) is 25.0. The molecule has 8 nitrogen and oxygen atoms in total. The molecule has 1 aliphatic rings. The van der Waals surface area contributed by atoms with Gasteiger partial charge in [0.15, 0.2) is 0 Å². The highest BCUT2D eigenvalue weighted by molar-refractivity contribution is 6.11. The van der Waals surface area contributed by atoms with Crippen LogP contribution in [0.15, 0.2) is 103 Å². The van der Waals surface area contributed by atoms with Crippen LogP contribution in [0.4, 0.5) is 21.9 Å². The molecule has 0 bridgehead atoms. The molecule has 4 aromatic rings. The molecule has 2 amide bonds. The van der Waals surface area contributed by atoms with Crippen molar-refractivity contribution in [3.63, 3.8) is 0 Å². The standard InChI is InChI=1S/C36H34N2O6/c1-24(20-22-31(39)44-28-17-11-6-12-18-28)19-21-29-33(32-30(23-43-35(32)40)25(2)34(29)42-3)37-36(41)38(26-13-7-4-8-14-26)27-15-9-5-10-16-27/h4-19H,20-23H2,1-3H3,(H,37,41)/b24-19+. The van der Waals surface area contributed by atoms with Crippen LogP contribution in [-0.4, -0.2) is 25.1 Å². The minimum Gasteiger partial charge on any atom is -0.496 e. The van der Waals surface area contributed by atoms with Gasteiger partial charge in [-0.05, 0) is 68.7 Å². The highest BCUT2D eigenvalue weighted by Crippen LogP contribution is 2.42. The number of carbonyl (C=O) groups excluding carboxylic acids is 3. The van der Waals surface area contributed by atoms with Gasteiger partial charge in [0.2, 0.25) is 0 Å². The van der Waals surface area contributed by atoms with Gasteiger partial charge in [-0.1, -0.05) is 66.2 Å². The molecule has 0 unspecified atom stereocenters. The van der Waals surface area contributed by atoms with E-state index in [2.05, 4.69) is 5.32 Å². The fourth-order valence-corrected chi connectivity index (χ4v) is 5.24. The SMILES string of the molecule is COc1c(C)c2c(c(NC(=O)N(c3ccccc3)c3ccccc3)c1C/C=C(\C)CCC(=O)Oc1ccccc1)C(=O)OC2. The van der Waals surface area contributed by atoms with Crippen LogP contribution in [-0.2, 0) is 22.6 Å². The van der Waals surface area contributed by atoms with E-state index in [-0.39, 0.29) is 19.0 Å². The number of cyclic esters (lactones) is 1. The average Bonchev–Trinajstić information content (AvgIpc) is 3.43. The Balaban J connectivity index is 1.46. The summed E-state index contributed by atoms with van der Waals surface area (Å²) >= 11 is 0. The van der Waals surface area contributed by atoms with E-state index >= 15 is 0 Å². The van der Waals surface area contributed by atoms with Crippen LogP contribution in [0.1, 0.15) is 46.8 Å². The molecule has 44 heavy (non-hydrogen) atoms. The molecular weight excluding hydrogens is 556 g/mol. The lowest BCUT2D eigenvalue weighted by Gasteiger charge is -2.26. The maximum atomic E-state index is 14.1. The first-order valence-corrected chi connectivity index (χ1v) is 14.4. The van der Waals surface area contributed by atoms with E-state index in [9.17, 15) is 14.4 Å². The Labute approximate surface area is 256 Å². The molecule has 1 aliphatic heterocycles. The largest absolute Gasteiger partial charge is 0.496 e. The Hall–Kier alpha value is -5.37. The molecule has 0 fully saturated rings. The molecule has 8 heteroatoms. The monoisotopic (exact) mass is 590 g/mol. The minimum absolute atomic E-state index is 0.0962. The molecule has 0 saturated heterocycles. The summed E-state index contributed by atoms with van der Waals surface area (Å²) in [4.78, 5) is 41.1. The third kappa shape index (κ3) is 6.65. The molecule has 0 spiro atoms. The number of urea groups is 1. The van der Waals surface area contributed by atoms with Crippen molar-refractivity contribution in [3.05, 3.63) is 125 Å². The summed E-state index contributed by atoms with van der Waals surface area (Å²) in [5, 5.41) is 3.04. The maximum Gasteiger partial charge on any atom is 0.341 e. The van der Waals surface area contributed by atoms with Crippen LogP contribution in [0.2, 0.25) is 0 Å². The molecule has 0 atom stereocenters. The zero-order chi connectivity index (χ0) is 31.1. The van der Waals surface area contributed by atoms with Crippen LogP contribution in [0.5, 0.6) is 11.5 Å².